The number of nitrogens with two attached hydrogens (primary N) is 1. The lowest BCUT2D eigenvalue weighted by molar-refractivity contribution is -0.128. The number of carbonyl (C=O) groups is 3. The number of rotatable bonds is 7. The van der Waals surface area contributed by atoms with E-state index in [1.165, 1.54) is 18.3 Å². The highest BCUT2D eigenvalue weighted by molar-refractivity contribution is 7.19. The summed E-state index contributed by atoms with van der Waals surface area (Å²) in [6.07, 6.45) is 0.170. The molecule has 0 bridgehead atoms. The minimum absolute atomic E-state index is 0.0159. The Morgan fingerprint density at radius 2 is 2.00 bits per heavy atom. The quantitative estimate of drug-likeness (QED) is 0.697. The summed E-state index contributed by atoms with van der Waals surface area (Å²) in [6.45, 7) is 1.57. The molecule has 1 aromatic heterocycles. The Bertz CT molecular complexity index is 775. The van der Waals surface area contributed by atoms with Crippen molar-refractivity contribution in [3.8, 4) is 0 Å². The molecule has 0 saturated carbocycles. The van der Waals surface area contributed by atoms with Crippen molar-refractivity contribution < 1.29 is 14.4 Å². The second-order valence-electron chi connectivity index (χ2n) is 5.31. The van der Waals surface area contributed by atoms with Gasteiger partial charge in [-0.25, -0.2) is 0 Å². The molecule has 1 atom stereocenters. The number of thiophene rings is 1. The van der Waals surface area contributed by atoms with E-state index in [9.17, 15) is 14.4 Å². The highest BCUT2D eigenvalue weighted by atomic mass is 35.5. The standard InChI is InChI=1S/C16H18ClN3O3S/c1-9(21)20-11(6-7-14(18)22)16(23)19-8-13-15(17)10-4-2-3-5-12(10)24-13/h2-5,11H,6-8H2,1H3,(H2,18,22)(H,19,23)(H,20,21)/t11-/m0/s1. The van der Waals surface area contributed by atoms with Crippen molar-refractivity contribution in [2.75, 3.05) is 0 Å². The Morgan fingerprint density at radius 1 is 1.29 bits per heavy atom. The van der Waals surface area contributed by atoms with Crippen molar-refractivity contribution in [2.45, 2.75) is 32.4 Å². The molecule has 0 aliphatic carbocycles. The summed E-state index contributed by atoms with van der Waals surface area (Å²) in [5.74, 6) is -1.25. The molecule has 0 aliphatic rings. The fourth-order valence-electron chi connectivity index (χ4n) is 2.27. The molecule has 0 spiro atoms. The van der Waals surface area contributed by atoms with Gasteiger partial charge in [0.2, 0.25) is 17.7 Å². The van der Waals surface area contributed by atoms with Crippen LogP contribution >= 0.6 is 22.9 Å². The van der Waals surface area contributed by atoms with Gasteiger partial charge in [0.15, 0.2) is 0 Å². The molecule has 2 aromatic rings. The van der Waals surface area contributed by atoms with Gasteiger partial charge in [-0.2, -0.15) is 0 Å². The molecule has 0 saturated heterocycles. The zero-order chi connectivity index (χ0) is 17.7. The SMILES string of the molecule is CC(=O)N[C@@H](CCC(N)=O)C(=O)NCc1sc2ccccc2c1Cl. The van der Waals surface area contributed by atoms with Crippen LogP contribution in [0.5, 0.6) is 0 Å². The second-order valence-corrected chi connectivity index (χ2v) is 6.83. The number of fused-ring (bicyclic) bond motifs is 1. The van der Waals surface area contributed by atoms with Gasteiger partial charge in [-0.15, -0.1) is 11.3 Å². The minimum atomic E-state index is -0.803. The molecule has 6 nitrogen and oxygen atoms in total. The largest absolute Gasteiger partial charge is 0.370 e. The molecule has 128 valence electrons. The molecule has 8 heteroatoms. The fraction of sp³-hybridized carbons (Fsp3) is 0.312. The summed E-state index contributed by atoms with van der Waals surface area (Å²) < 4.78 is 1.04. The van der Waals surface area contributed by atoms with Crippen LogP contribution in [0.2, 0.25) is 5.02 Å². The summed E-state index contributed by atoms with van der Waals surface area (Å²) >= 11 is 7.84. The van der Waals surface area contributed by atoms with E-state index in [1.54, 1.807) is 0 Å². The lowest BCUT2D eigenvalue weighted by Gasteiger charge is -2.16. The number of carbonyl (C=O) groups excluding carboxylic acids is 3. The summed E-state index contributed by atoms with van der Waals surface area (Å²) in [5, 5.41) is 6.83. The Balaban J connectivity index is 2.04. The smallest absolute Gasteiger partial charge is 0.242 e. The van der Waals surface area contributed by atoms with Gasteiger partial charge in [0.25, 0.3) is 0 Å². The van der Waals surface area contributed by atoms with Crippen molar-refractivity contribution in [1.82, 2.24) is 10.6 Å². The molecule has 4 N–H and O–H groups in total. The van der Waals surface area contributed by atoms with E-state index >= 15 is 0 Å². The molecule has 3 amide bonds. The Morgan fingerprint density at radius 3 is 2.62 bits per heavy atom. The third-order valence-corrected chi connectivity index (χ3v) is 5.11. The van der Waals surface area contributed by atoms with Gasteiger partial charge in [-0.3, -0.25) is 14.4 Å². The first-order valence-electron chi connectivity index (χ1n) is 7.37. The number of nitrogens with one attached hydrogen (secondary N) is 2. The Labute approximate surface area is 148 Å². The average molecular weight is 368 g/mol. The van der Waals surface area contributed by atoms with Crippen molar-refractivity contribution >= 4 is 50.7 Å². The second kappa shape index (κ2) is 8.12. The molecule has 24 heavy (non-hydrogen) atoms. The van der Waals surface area contributed by atoms with Crippen LogP contribution in [0, 0.1) is 0 Å². The third-order valence-electron chi connectivity index (χ3n) is 3.40. The van der Waals surface area contributed by atoms with Crippen molar-refractivity contribution in [3.63, 3.8) is 0 Å². The van der Waals surface area contributed by atoms with Crippen molar-refractivity contribution in [3.05, 3.63) is 34.2 Å². The summed E-state index contributed by atoms with van der Waals surface area (Å²) in [4.78, 5) is 35.2. The third kappa shape index (κ3) is 4.69. The lowest BCUT2D eigenvalue weighted by Crippen LogP contribution is -2.46. The van der Waals surface area contributed by atoms with Gasteiger partial charge >= 0.3 is 0 Å². The number of halogens is 1. The Hall–Kier alpha value is -2.12. The maximum atomic E-state index is 12.3. The summed E-state index contributed by atoms with van der Waals surface area (Å²) in [6, 6.07) is 6.91. The number of hydrogen-bond acceptors (Lipinski definition) is 4. The Kier molecular flexibility index (Phi) is 6.16. The highest BCUT2D eigenvalue weighted by Crippen LogP contribution is 2.34. The van der Waals surface area contributed by atoms with E-state index in [1.807, 2.05) is 24.3 Å². The van der Waals surface area contributed by atoms with Crippen LogP contribution in [-0.2, 0) is 20.9 Å². The zero-order valence-electron chi connectivity index (χ0n) is 13.1. The molecular weight excluding hydrogens is 350 g/mol. The number of benzene rings is 1. The topological polar surface area (TPSA) is 101 Å². The molecule has 0 radical (unpaired) electrons. The maximum absolute atomic E-state index is 12.3. The van der Waals surface area contributed by atoms with Gasteiger partial charge in [-0.05, 0) is 12.5 Å². The van der Waals surface area contributed by atoms with Gasteiger partial charge in [0.1, 0.15) is 6.04 Å². The first-order chi connectivity index (χ1) is 11.4. The van der Waals surface area contributed by atoms with Gasteiger partial charge in [0.05, 0.1) is 11.6 Å². The number of primary amides is 1. The van der Waals surface area contributed by atoms with Crippen LogP contribution < -0.4 is 16.4 Å². The molecule has 2 rings (SSSR count). The fourth-order valence-corrected chi connectivity index (χ4v) is 3.71. The van der Waals surface area contributed by atoms with Gasteiger partial charge in [-0.1, -0.05) is 29.8 Å². The molecule has 1 heterocycles. The molecule has 0 fully saturated rings. The van der Waals surface area contributed by atoms with Crippen LogP contribution in [-0.4, -0.2) is 23.8 Å². The number of amides is 3. The first-order valence-corrected chi connectivity index (χ1v) is 8.57. The number of hydrogen-bond donors (Lipinski definition) is 3. The van der Waals surface area contributed by atoms with E-state index < -0.39 is 11.9 Å². The molecular formula is C16H18ClN3O3S. The van der Waals surface area contributed by atoms with E-state index in [2.05, 4.69) is 10.6 Å². The monoisotopic (exact) mass is 367 g/mol. The van der Waals surface area contributed by atoms with E-state index in [4.69, 9.17) is 17.3 Å². The first kappa shape index (κ1) is 18.2. The zero-order valence-corrected chi connectivity index (χ0v) is 14.7. The maximum Gasteiger partial charge on any atom is 0.242 e. The highest BCUT2D eigenvalue weighted by Gasteiger charge is 2.20. The predicted octanol–water partition coefficient (Wildman–Crippen LogP) is 1.94. The van der Waals surface area contributed by atoms with E-state index in [0.29, 0.717) is 5.02 Å². The predicted molar refractivity (Wildman–Crippen MR) is 94.7 cm³/mol. The molecule has 0 aliphatic heterocycles. The molecule has 0 unspecified atom stereocenters. The molecule has 1 aromatic carbocycles. The van der Waals surface area contributed by atoms with Crippen LogP contribution in [0.4, 0.5) is 0 Å². The summed E-state index contributed by atoms with van der Waals surface area (Å²) in [7, 11) is 0. The van der Waals surface area contributed by atoms with Gasteiger partial charge < -0.3 is 16.4 Å². The lowest BCUT2D eigenvalue weighted by atomic mass is 10.1. The van der Waals surface area contributed by atoms with E-state index in [0.717, 1.165) is 15.0 Å². The van der Waals surface area contributed by atoms with Crippen LogP contribution in [0.25, 0.3) is 10.1 Å². The van der Waals surface area contributed by atoms with Crippen LogP contribution in [0.15, 0.2) is 24.3 Å². The van der Waals surface area contributed by atoms with Crippen molar-refractivity contribution in [2.24, 2.45) is 5.73 Å². The van der Waals surface area contributed by atoms with Gasteiger partial charge in [0, 0.05) is 28.3 Å². The van der Waals surface area contributed by atoms with Crippen LogP contribution in [0.3, 0.4) is 0 Å². The normalized spacial score (nSPS) is 11.9. The van der Waals surface area contributed by atoms with Crippen molar-refractivity contribution in [1.29, 1.82) is 0 Å². The minimum Gasteiger partial charge on any atom is -0.370 e. The summed E-state index contributed by atoms with van der Waals surface area (Å²) in [5.41, 5.74) is 5.10. The average Bonchev–Trinajstić information content (AvgIpc) is 2.85. The van der Waals surface area contributed by atoms with Crippen LogP contribution in [0.1, 0.15) is 24.6 Å². The van der Waals surface area contributed by atoms with E-state index in [-0.39, 0.29) is 31.2 Å².